The van der Waals surface area contributed by atoms with E-state index in [2.05, 4.69) is 10.3 Å². The Hall–Kier alpha value is -2.64. The first kappa shape index (κ1) is 19.1. The van der Waals surface area contributed by atoms with Gasteiger partial charge in [0, 0.05) is 28.8 Å². The van der Waals surface area contributed by atoms with Crippen LogP contribution in [-0.2, 0) is 4.79 Å². The van der Waals surface area contributed by atoms with Gasteiger partial charge in [-0.1, -0.05) is 29.4 Å². The van der Waals surface area contributed by atoms with Crippen LogP contribution in [0.3, 0.4) is 0 Å². The summed E-state index contributed by atoms with van der Waals surface area (Å²) in [4.78, 5) is 28.7. The van der Waals surface area contributed by atoms with Crippen LogP contribution >= 0.6 is 23.4 Å². The number of benzene rings is 2. The molecule has 1 amide bonds. The number of carbonyl (C=O) groups excluding carboxylic acids is 1. The molecule has 0 fully saturated rings. The van der Waals surface area contributed by atoms with Crippen LogP contribution in [-0.4, -0.2) is 21.2 Å². The number of carbonyl (C=O) groups is 1. The van der Waals surface area contributed by atoms with Gasteiger partial charge in [0.2, 0.25) is 5.91 Å². The van der Waals surface area contributed by atoms with E-state index in [-0.39, 0.29) is 22.2 Å². The SMILES string of the molecule is Cc1ccc(NC(=O)CSc2nccn(-c3ccc(Cl)cc3)c2=O)cc1F. The molecule has 0 atom stereocenters. The summed E-state index contributed by atoms with van der Waals surface area (Å²) in [6.07, 6.45) is 3.04. The van der Waals surface area contributed by atoms with Crippen molar-refractivity contribution in [2.24, 2.45) is 0 Å². The molecular formula is C19H15ClFN3O2S. The maximum Gasteiger partial charge on any atom is 0.287 e. The van der Waals surface area contributed by atoms with Gasteiger partial charge in [0.25, 0.3) is 5.56 Å². The number of hydrogen-bond acceptors (Lipinski definition) is 4. The van der Waals surface area contributed by atoms with E-state index in [1.165, 1.54) is 16.8 Å². The monoisotopic (exact) mass is 403 g/mol. The van der Waals surface area contributed by atoms with Crippen LogP contribution in [0.15, 0.2) is 64.7 Å². The number of amides is 1. The van der Waals surface area contributed by atoms with Crippen LogP contribution in [0.4, 0.5) is 10.1 Å². The number of aryl methyl sites for hydroxylation is 1. The van der Waals surface area contributed by atoms with Gasteiger partial charge in [-0.3, -0.25) is 14.2 Å². The molecule has 0 aliphatic rings. The summed E-state index contributed by atoms with van der Waals surface area (Å²) in [5.41, 5.74) is 1.18. The van der Waals surface area contributed by atoms with E-state index in [0.29, 0.717) is 22.0 Å². The first-order valence-electron chi connectivity index (χ1n) is 7.96. The Morgan fingerprint density at radius 1 is 1.26 bits per heavy atom. The molecule has 138 valence electrons. The van der Waals surface area contributed by atoms with Crippen LogP contribution in [0.2, 0.25) is 5.02 Å². The number of hydrogen-bond donors (Lipinski definition) is 1. The van der Waals surface area contributed by atoms with Crippen molar-refractivity contribution in [3.05, 3.63) is 81.6 Å². The minimum Gasteiger partial charge on any atom is -0.325 e. The number of anilines is 1. The Morgan fingerprint density at radius 2 is 2.00 bits per heavy atom. The minimum absolute atomic E-state index is 0.0254. The Kier molecular flexibility index (Phi) is 5.93. The highest BCUT2D eigenvalue weighted by atomic mass is 35.5. The van der Waals surface area contributed by atoms with Crippen LogP contribution in [0.1, 0.15) is 5.56 Å². The maximum atomic E-state index is 13.5. The largest absolute Gasteiger partial charge is 0.325 e. The second kappa shape index (κ2) is 8.37. The fourth-order valence-corrected chi connectivity index (χ4v) is 3.12. The zero-order valence-corrected chi connectivity index (χ0v) is 15.9. The van der Waals surface area contributed by atoms with Gasteiger partial charge in [-0.25, -0.2) is 9.37 Å². The number of aromatic nitrogens is 2. The van der Waals surface area contributed by atoms with E-state index in [1.807, 2.05) is 0 Å². The average Bonchev–Trinajstić information content (AvgIpc) is 2.65. The van der Waals surface area contributed by atoms with Gasteiger partial charge in [-0.05, 0) is 48.9 Å². The summed E-state index contributed by atoms with van der Waals surface area (Å²) in [5, 5.41) is 3.36. The van der Waals surface area contributed by atoms with Crippen molar-refractivity contribution in [2.45, 2.75) is 11.9 Å². The summed E-state index contributed by atoms with van der Waals surface area (Å²) in [6.45, 7) is 1.64. The van der Waals surface area contributed by atoms with Crippen molar-refractivity contribution < 1.29 is 9.18 Å². The lowest BCUT2D eigenvalue weighted by Crippen LogP contribution is -2.22. The number of nitrogens with zero attached hydrogens (tertiary/aromatic N) is 2. The highest BCUT2D eigenvalue weighted by Crippen LogP contribution is 2.16. The molecule has 1 N–H and O–H groups in total. The smallest absolute Gasteiger partial charge is 0.287 e. The molecule has 2 aromatic carbocycles. The van der Waals surface area contributed by atoms with E-state index in [0.717, 1.165) is 11.8 Å². The summed E-state index contributed by atoms with van der Waals surface area (Å²) in [7, 11) is 0. The second-order valence-electron chi connectivity index (χ2n) is 5.68. The maximum absolute atomic E-state index is 13.5. The molecule has 0 saturated heterocycles. The predicted molar refractivity (Wildman–Crippen MR) is 105 cm³/mol. The fourth-order valence-electron chi connectivity index (χ4n) is 2.30. The first-order valence-corrected chi connectivity index (χ1v) is 9.33. The number of thioether (sulfide) groups is 1. The molecule has 1 heterocycles. The minimum atomic E-state index is -0.393. The Bertz CT molecular complexity index is 1040. The van der Waals surface area contributed by atoms with E-state index < -0.39 is 5.82 Å². The molecule has 0 spiro atoms. The van der Waals surface area contributed by atoms with Crippen LogP contribution in [0.25, 0.3) is 5.69 Å². The van der Waals surface area contributed by atoms with Crippen LogP contribution in [0, 0.1) is 12.7 Å². The predicted octanol–water partition coefficient (Wildman–Crippen LogP) is 4.06. The molecular weight excluding hydrogens is 389 g/mol. The molecule has 0 radical (unpaired) electrons. The Labute approximate surface area is 164 Å². The zero-order valence-electron chi connectivity index (χ0n) is 14.3. The highest BCUT2D eigenvalue weighted by Gasteiger charge is 2.11. The normalized spacial score (nSPS) is 10.6. The van der Waals surface area contributed by atoms with Crippen molar-refractivity contribution >= 4 is 35.0 Å². The molecule has 1 aromatic heterocycles. The molecule has 27 heavy (non-hydrogen) atoms. The molecule has 3 aromatic rings. The lowest BCUT2D eigenvalue weighted by atomic mass is 10.2. The third-order valence-corrected chi connectivity index (χ3v) is 4.92. The lowest BCUT2D eigenvalue weighted by molar-refractivity contribution is -0.113. The van der Waals surface area contributed by atoms with E-state index in [1.54, 1.807) is 49.5 Å². The molecule has 0 aliphatic heterocycles. The van der Waals surface area contributed by atoms with Crippen molar-refractivity contribution in [1.29, 1.82) is 0 Å². The number of rotatable bonds is 5. The zero-order chi connectivity index (χ0) is 19.4. The van der Waals surface area contributed by atoms with E-state index in [4.69, 9.17) is 11.6 Å². The average molecular weight is 404 g/mol. The van der Waals surface area contributed by atoms with Gasteiger partial charge < -0.3 is 5.32 Å². The van der Waals surface area contributed by atoms with Gasteiger partial charge in [0.15, 0.2) is 5.03 Å². The third-order valence-electron chi connectivity index (χ3n) is 3.71. The molecule has 0 aliphatic carbocycles. The van der Waals surface area contributed by atoms with Gasteiger partial charge >= 0.3 is 0 Å². The summed E-state index contributed by atoms with van der Waals surface area (Å²) < 4.78 is 15.0. The van der Waals surface area contributed by atoms with Gasteiger partial charge in [-0.2, -0.15) is 0 Å². The van der Waals surface area contributed by atoms with Crippen molar-refractivity contribution in [3.8, 4) is 5.69 Å². The Balaban J connectivity index is 1.70. The van der Waals surface area contributed by atoms with Crippen molar-refractivity contribution in [1.82, 2.24) is 9.55 Å². The highest BCUT2D eigenvalue weighted by molar-refractivity contribution is 7.99. The standard InChI is InChI=1S/C19H15ClFN3O2S/c1-12-2-5-14(10-16(12)21)23-17(25)11-27-18-19(26)24(9-8-22-18)15-6-3-13(20)4-7-15/h2-10H,11H2,1H3,(H,23,25). The topological polar surface area (TPSA) is 64.0 Å². The van der Waals surface area contributed by atoms with Gasteiger partial charge in [0.05, 0.1) is 5.75 Å². The summed E-state index contributed by atoms with van der Waals surface area (Å²) >= 11 is 6.89. The molecule has 3 rings (SSSR count). The van der Waals surface area contributed by atoms with Gasteiger partial charge in [0.1, 0.15) is 5.82 Å². The first-order chi connectivity index (χ1) is 12.9. The molecule has 0 saturated carbocycles. The summed E-state index contributed by atoms with van der Waals surface area (Å²) in [6, 6.07) is 11.3. The van der Waals surface area contributed by atoms with Crippen LogP contribution < -0.4 is 10.9 Å². The second-order valence-corrected chi connectivity index (χ2v) is 7.09. The van der Waals surface area contributed by atoms with Gasteiger partial charge in [-0.15, -0.1) is 0 Å². The van der Waals surface area contributed by atoms with E-state index in [9.17, 15) is 14.0 Å². The molecule has 0 unspecified atom stereocenters. The number of nitrogens with one attached hydrogen (secondary N) is 1. The third kappa shape index (κ3) is 4.75. The molecule has 8 heteroatoms. The number of halogens is 2. The van der Waals surface area contributed by atoms with Crippen molar-refractivity contribution in [3.63, 3.8) is 0 Å². The fraction of sp³-hybridized carbons (Fsp3) is 0.105. The quantitative estimate of drug-likeness (QED) is 0.652. The molecule has 0 bridgehead atoms. The van der Waals surface area contributed by atoms with E-state index >= 15 is 0 Å². The molecule has 5 nitrogen and oxygen atoms in total. The lowest BCUT2D eigenvalue weighted by Gasteiger charge is -2.08. The summed E-state index contributed by atoms with van der Waals surface area (Å²) in [5.74, 6) is -0.773. The van der Waals surface area contributed by atoms with Crippen molar-refractivity contribution in [2.75, 3.05) is 11.1 Å². The van der Waals surface area contributed by atoms with Crippen LogP contribution in [0.5, 0.6) is 0 Å². The Morgan fingerprint density at radius 3 is 2.70 bits per heavy atom.